The SMILES string of the molecule is Cc1ncc(Cl)cc1NC(C)c1ccc(C(=O)NC(CC2CCCC2)C(=O)NCC(=O)O)s1. The van der Waals surface area contributed by atoms with Gasteiger partial charge in [-0.15, -0.1) is 11.3 Å². The third kappa shape index (κ3) is 7.17. The molecule has 1 fully saturated rings. The summed E-state index contributed by atoms with van der Waals surface area (Å²) >= 11 is 7.39. The van der Waals surface area contributed by atoms with Crippen LogP contribution in [0.25, 0.3) is 0 Å². The zero-order valence-electron chi connectivity index (χ0n) is 18.7. The number of nitrogens with zero attached hydrogens (tertiary/aromatic N) is 1. The molecular weight excluding hydrogens is 464 g/mol. The predicted octanol–water partition coefficient (Wildman–Crippen LogP) is 4.16. The number of hydrogen-bond acceptors (Lipinski definition) is 6. The number of pyridine rings is 1. The highest BCUT2D eigenvalue weighted by Crippen LogP contribution is 2.30. The van der Waals surface area contributed by atoms with Crippen molar-refractivity contribution in [1.29, 1.82) is 0 Å². The predicted molar refractivity (Wildman–Crippen MR) is 129 cm³/mol. The smallest absolute Gasteiger partial charge is 0.322 e. The lowest BCUT2D eigenvalue weighted by atomic mass is 9.97. The number of hydrogen-bond donors (Lipinski definition) is 4. The third-order valence-electron chi connectivity index (χ3n) is 5.78. The van der Waals surface area contributed by atoms with Crippen molar-refractivity contribution >= 4 is 46.4 Å². The molecule has 10 heteroatoms. The van der Waals surface area contributed by atoms with E-state index < -0.39 is 24.5 Å². The first-order valence-corrected chi connectivity index (χ1v) is 12.2. The average molecular weight is 493 g/mol. The van der Waals surface area contributed by atoms with Gasteiger partial charge in [0.05, 0.1) is 27.3 Å². The Morgan fingerprint density at radius 1 is 1.27 bits per heavy atom. The van der Waals surface area contributed by atoms with Crippen LogP contribution >= 0.6 is 22.9 Å². The number of aromatic nitrogens is 1. The summed E-state index contributed by atoms with van der Waals surface area (Å²) in [6.07, 6.45) is 6.36. The van der Waals surface area contributed by atoms with E-state index in [0.717, 1.165) is 41.9 Å². The van der Waals surface area contributed by atoms with Gasteiger partial charge in [-0.05, 0) is 44.4 Å². The summed E-state index contributed by atoms with van der Waals surface area (Å²) in [5.41, 5.74) is 1.64. The number of rotatable bonds is 10. The molecule has 0 radical (unpaired) electrons. The molecule has 4 N–H and O–H groups in total. The first-order valence-electron chi connectivity index (χ1n) is 11.0. The minimum Gasteiger partial charge on any atom is -0.480 e. The van der Waals surface area contributed by atoms with Crippen LogP contribution in [-0.2, 0) is 9.59 Å². The molecule has 0 aromatic carbocycles. The zero-order valence-corrected chi connectivity index (χ0v) is 20.3. The van der Waals surface area contributed by atoms with Crippen LogP contribution in [0.15, 0.2) is 24.4 Å². The highest BCUT2D eigenvalue weighted by Gasteiger charge is 2.27. The number of carboxylic acid groups (broad SMARTS) is 1. The number of carboxylic acids is 1. The van der Waals surface area contributed by atoms with Crippen LogP contribution in [-0.4, -0.2) is 40.5 Å². The molecule has 1 aliphatic rings. The molecule has 0 spiro atoms. The molecule has 0 aliphatic heterocycles. The van der Waals surface area contributed by atoms with Crippen LogP contribution in [0.1, 0.15) is 65.3 Å². The van der Waals surface area contributed by atoms with Gasteiger partial charge in [-0.2, -0.15) is 0 Å². The van der Waals surface area contributed by atoms with Crippen LogP contribution in [0.3, 0.4) is 0 Å². The molecule has 8 nitrogen and oxygen atoms in total. The van der Waals surface area contributed by atoms with Gasteiger partial charge in [-0.3, -0.25) is 19.4 Å². The summed E-state index contributed by atoms with van der Waals surface area (Å²) in [4.78, 5) is 42.0. The van der Waals surface area contributed by atoms with Crippen LogP contribution in [0.4, 0.5) is 5.69 Å². The van der Waals surface area contributed by atoms with E-state index in [2.05, 4.69) is 20.9 Å². The monoisotopic (exact) mass is 492 g/mol. The normalized spacial score (nSPS) is 15.6. The minimum absolute atomic E-state index is 0.0799. The van der Waals surface area contributed by atoms with Gasteiger partial charge in [0.1, 0.15) is 12.6 Å². The van der Waals surface area contributed by atoms with Crippen molar-refractivity contribution < 1.29 is 19.5 Å². The second kappa shape index (κ2) is 11.5. The maximum Gasteiger partial charge on any atom is 0.322 e. The lowest BCUT2D eigenvalue weighted by molar-refractivity contribution is -0.138. The molecule has 2 amide bonds. The van der Waals surface area contributed by atoms with Crippen molar-refractivity contribution in [3.05, 3.63) is 44.9 Å². The van der Waals surface area contributed by atoms with E-state index in [4.69, 9.17) is 16.7 Å². The van der Waals surface area contributed by atoms with Gasteiger partial charge in [-0.1, -0.05) is 37.3 Å². The van der Waals surface area contributed by atoms with Gasteiger partial charge < -0.3 is 21.1 Å². The Morgan fingerprint density at radius 3 is 2.70 bits per heavy atom. The largest absolute Gasteiger partial charge is 0.480 e. The minimum atomic E-state index is -1.12. The molecule has 178 valence electrons. The maximum atomic E-state index is 12.9. The van der Waals surface area contributed by atoms with Crippen molar-refractivity contribution in [3.8, 4) is 0 Å². The van der Waals surface area contributed by atoms with E-state index >= 15 is 0 Å². The van der Waals surface area contributed by atoms with E-state index in [1.54, 1.807) is 12.3 Å². The molecule has 0 bridgehead atoms. The fourth-order valence-electron chi connectivity index (χ4n) is 3.99. The Morgan fingerprint density at radius 2 is 2.00 bits per heavy atom. The number of anilines is 1. The summed E-state index contributed by atoms with van der Waals surface area (Å²) < 4.78 is 0. The second-order valence-corrected chi connectivity index (χ2v) is 9.93. The number of halogens is 1. The Bertz CT molecular complexity index is 1010. The van der Waals surface area contributed by atoms with E-state index in [0.29, 0.717) is 22.2 Å². The Balaban J connectivity index is 1.66. The van der Waals surface area contributed by atoms with Crippen molar-refractivity contribution in [3.63, 3.8) is 0 Å². The van der Waals surface area contributed by atoms with Crippen molar-refractivity contribution in [1.82, 2.24) is 15.6 Å². The topological polar surface area (TPSA) is 120 Å². The lowest BCUT2D eigenvalue weighted by Crippen LogP contribution is -2.48. The van der Waals surface area contributed by atoms with Crippen LogP contribution in [0.5, 0.6) is 0 Å². The van der Waals surface area contributed by atoms with Gasteiger partial charge in [0.25, 0.3) is 5.91 Å². The summed E-state index contributed by atoms with van der Waals surface area (Å²) in [6, 6.07) is 4.58. The Kier molecular flexibility index (Phi) is 8.68. The molecular formula is C23H29ClN4O4S. The number of carbonyl (C=O) groups is 3. The highest BCUT2D eigenvalue weighted by molar-refractivity contribution is 7.14. The fraction of sp³-hybridized carbons (Fsp3) is 0.478. The molecule has 2 unspecified atom stereocenters. The van der Waals surface area contributed by atoms with Gasteiger partial charge >= 0.3 is 5.97 Å². The van der Waals surface area contributed by atoms with Crippen molar-refractivity contribution in [2.24, 2.45) is 5.92 Å². The number of aryl methyl sites for hydroxylation is 1. The van der Waals surface area contributed by atoms with Gasteiger partial charge in [0.2, 0.25) is 5.91 Å². The van der Waals surface area contributed by atoms with Crippen molar-refractivity contribution in [2.75, 3.05) is 11.9 Å². The molecule has 1 saturated carbocycles. The van der Waals surface area contributed by atoms with Crippen LogP contribution < -0.4 is 16.0 Å². The highest BCUT2D eigenvalue weighted by atomic mass is 35.5. The number of amides is 2. The first kappa shape index (κ1) is 25.0. The molecule has 0 saturated heterocycles. The molecule has 2 aromatic rings. The quantitative estimate of drug-likeness (QED) is 0.395. The third-order valence-corrected chi connectivity index (χ3v) is 7.26. The van der Waals surface area contributed by atoms with E-state index in [1.807, 2.05) is 26.0 Å². The van der Waals surface area contributed by atoms with Gasteiger partial charge in [-0.25, -0.2) is 0 Å². The number of carbonyl (C=O) groups excluding carboxylic acids is 2. The van der Waals surface area contributed by atoms with Crippen LogP contribution in [0, 0.1) is 12.8 Å². The molecule has 33 heavy (non-hydrogen) atoms. The van der Waals surface area contributed by atoms with E-state index in [-0.39, 0.29) is 11.9 Å². The second-order valence-electron chi connectivity index (χ2n) is 8.38. The lowest BCUT2D eigenvalue weighted by Gasteiger charge is -2.21. The Hall–Kier alpha value is -2.65. The average Bonchev–Trinajstić information content (AvgIpc) is 3.46. The zero-order chi connectivity index (χ0) is 24.0. The standard InChI is InChI=1S/C23H29ClN4O4S/c1-13-17(10-16(24)11-25-13)27-14(2)19-7-8-20(33-19)23(32)28-18(9-15-5-3-4-6-15)22(31)26-12-21(29)30/h7-8,10-11,14-15,18,27H,3-6,9,12H2,1-2H3,(H,26,31)(H,28,32)(H,29,30). The van der Waals surface area contributed by atoms with E-state index in [1.165, 1.54) is 11.3 Å². The molecule has 2 atom stereocenters. The summed E-state index contributed by atoms with van der Waals surface area (Å²) in [5.74, 6) is -1.58. The number of thiophene rings is 1. The Labute approximate surface area is 202 Å². The number of nitrogens with one attached hydrogen (secondary N) is 3. The first-order chi connectivity index (χ1) is 15.7. The molecule has 2 heterocycles. The molecule has 3 rings (SSSR count). The maximum absolute atomic E-state index is 12.9. The summed E-state index contributed by atoms with van der Waals surface area (Å²) in [5, 5.41) is 18.0. The van der Waals surface area contributed by atoms with Crippen molar-refractivity contribution in [2.45, 2.75) is 58.0 Å². The van der Waals surface area contributed by atoms with Gasteiger partial charge in [0, 0.05) is 11.1 Å². The number of aliphatic carboxylic acids is 1. The molecule has 1 aliphatic carbocycles. The fourth-order valence-corrected chi connectivity index (χ4v) is 5.06. The summed E-state index contributed by atoms with van der Waals surface area (Å²) in [7, 11) is 0. The van der Waals surface area contributed by atoms with E-state index in [9.17, 15) is 14.4 Å². The van der Waals surface area contributed by atoms with Gasteiger partial charge in [0.15, 0.2) is 0 Å². The van der Waals surface area contributed by atoms with Crippen LogP contribution in [0.2, 0.25) is 5.02 Å². The summed E-state index contributed by atoms with van der Waals surface area (Å²) in [6.45, 7) is 3.40. The molecule has 2 aromatic heterocycles.